The first kappa shape index (κ1) is 25.8. The lowest BCUT2D eigenvalue weighted by Gasteiger charge is -2.12. The monoisotopic (exact) mass is 591 g/mol. The van der Waals surface area contributed by atoms with Crippen molar-refractivity contribution in [3.63, 3.8) is 0 Å². The van der Waals surface area contributed by atoms with E-state index in [0.717, 1.165) is 50.2 Å². The summed E-state index contributed by atoms with van der Waals surface area (Å²) in [6.45, 7) is 0. The van der Waals surface area contributed by atoms with Crippen LogP contribution in [-0.4, -0.2) is 15.0 Å². The fraction of sp³-hybridized carbons (Fsp3) is 0. The zero-order valence-corrected chi connectivity index (χ0v) is 25.0. The first-order chi connectivity index (χ1) is 22.3. The van der Waals surface area contributed by atoms with Crippen molar-refractivity contribution in [3.05, 3.63) is 152 Å². The molecule has 0 fully saturated rings. The maximum Gasteiger partial charge on any atom is 0.160 e. The van der Waals surface area contributed by atoms with Gasteiger partial charge in [0.05, 0.1) is 22.6 Å². The van der Waals surface area contributed by atoms with Gasteiger partial charge in [-0.2, -0.15) is 0 Å². The van der Waals surface area contributed by atoms with Crippen molar-refractivity contribution in [3.8, 4) is 45.2 Å². The lowest BCUT2D eigenvalue weighted by molar-refractivity contribution is 1.18. The number of hydrogen-bond acceptors (Lipinski definition) is 4. The van der Waals surface area contributed by atoms with Crippen LogP contribution in [0, 0.1) is 0 Å². The Labute approximate surface area is 264 Å². The van der Waals surface area contributed by atoms with Crippen LogP contribution in [0.5, 0.6) is 0 Å². The van der Waals surface area contributed by atoms with E-state index in [9.17, 15) is 0 Å². The number of pyridine rings is 1. The van der Waals surface area contributed by atoms with Crippen LogP contribution in [0.4, 0.5) is 0 Å². The van der Waals surface area contributed by atoms with Crippen molar-refractivity contribution in [2.75, 3.05) is 0 Å². The highest BCUT2D eigenvalue weighted by Gasteiger charge is 2.19. The largest absolute Gasteiger partial charge is 0.247 e. The van der Waals surface area contributed by atoms with Crippen LogP contribution in [0.25, 0.3) is 87.0 Å². The number of rotatable bonds is 4. The summed E-state index contributed by atoms with van der Waals surface area (Å²) < 4.78 is 2.50. The van der Waals surface area contributed by atoms with Crippen LogP contribution < -0.4 is 0 Å². The molecule has 0 saturated heterocycles. The van der Waals surface area contributed by atoms with Crippen LogP contribution in [0.2, 0.25) is 0 Å². The van der Waals surface area contributed by atoms with Gasteiger partial charge in [-0.15, -0.1) is 11.3 Å². The van der Waals surface area contributed by atoms with E-state index in [0.29, 0.717) is 5.82 Å². The van der Waals surface area contributed by atoms with Crippen LogP contribution in [-0.2, 0) is 0 Å². The van der Waals surface area contributed by atoms with Crippen molar-refractivity contribution in [2.45, 2.75) is 0 Å². The van der Waals surface area contributed by atoms with Gasteiger partial charge in [0, 0.05) is 47.8 Å². The molecule has 45 heavy (non-hydrogen) atoms. The summed E-state index contributed by atoms with van der Waals surface area (Å²) in [5.41, 5.74) is 8.04. The Bertz CT molecular complexity index is 2470. The van der Waals surface area contributed by atoms with Gasteiger partial charge in [0.15, 0.2) is 5.82 Å². The molecule has 0 aliphatic rings. The van der Waals surface area contributed by atoms with Crippen molar-refractivity contribution < 1.29 is 0 Å². The molecule has 9 rings (SSSR count). The molecule has 0 N–H and O–H groups in total. The molecule has 0 aliphatic heterocycles. The minimum absolute atomic E-state index is 0.712. The summed E-state index contributed by atoms with van der Waals surface area (Å²) in [4.78, 5) is 15.5. The summed E-state index contributed by atoms with van der Waals surface area (Å²) >= 11 is 1.84. The van der Waals surface area contributed by atoms with Gasteiger partial charge >= 0.3 is 0 Å². The van der Waals surface area contributed by atoms with E-state index in [1.807, 2.05) is 47.7 Å². The number of thiophene rings is 1. The van der Waals surface area contributed by atoms with Gasteiger partial charge in [0.2, 0.25) is 0 Å². The smallest absolute Gasteiger partial charge is 0.160 e. The molecule has 210 valence electrons. The van der Waals surface area contributed by atoms with Crippen molar-refractivity contribution in [1.29, 1.82) is 0 Å². The molecule has 3 aromatic heterocycles. The molecule has 0 radical (unpaired) electrons. The van der Waals surface area contributed by atoms with Gasteiger partial charge in [-0.05, 0) is 35.0 Å². The third-order valence-corrected chi connectivity index (χ3v) is 9.68. The summed E-state index contributed by atoms with van der Waals surface area (Å²) in [6, 6.07) is 52.9. The predicted octanol–water partition coefficient (Wildman–Crippen LogP) is 11.2. The van der Waals surface area contributed by atoms with E-state index >= 15 is 0 Å². The Morgan fingerprint density at radius 3 is 1.93 bits per heavy atom. The fourth-order valence-corrected chi connectivity index (χ4v) is 7.55. The van der Waals surface area contributed by atoms with E-state index in [1.165, 1.54) is 30.9 Å². The number of nitrogens with zero attached hydrogens (tertiary/aromatic N) is 3. The Hall–Kier alpha value is -5.71. The highest BCUT2D eigenvalue weighted by atomic mass is 32.1. The minimum atomic E-state index is 0.712. The highest BCUT2D eigenvalue weighted by molar-refractivity contribution is 7.26. The molecule has 6 aromatic carbocycles. The van der Waals surface area contributed by atoms with E-state index in [-0.39, 0.29) is 0 Å². The van der Waals surface area contributed by atoms with E-state index in [2.05, 4.69) is 115 Å². The molecule has 9 aromatic rings. The van der Waals surface area contributed by atoms with Gasteiger partial charge in [0.25, 0.3) is 0 Å². The molecule has 0 amide bonds. The number of hydrogen-bond donors (Lipinski definition) is 0. The average molecular weight is 592 g/mol. The predicted molar refractivity (Wildman–Crippen MR) is 189 cm³/mol. The molecule has 3 nitrogen and oxygen atoms in total. The third kappa shape index (κ3) is 4.38. The zero-order valence-electron chi connectivity index (χ0n) is 24.2. The second-order valence-electron chi connectivity index (χ2n) is 11.2. The molecule has 0 aliphatic carbocycles. The van der Waals surface area contributed by atoms with Crippen LogP contribution >= 0.6 is 11.3 Å². The van der Waals surface area contributed by atoms with E-state index in [4.69, 9.17) is 15.0 Å². The molecule has 0 saturated carbocycles. The Kier molecular flexibility index (Phi) is 6.00. The lowest BCUT2D eigenvalue weighted by atomic mass is 9.97. The second-order valence-corrected chi connectivity index (χ2v) is 12.3. The van der Waals surface area contributed by atoms with E-state index < -0.39 is 0 Å². The van der Waals surface area contributed by atoms with E-state index in [1.54, 1.807) is 0 Å². The third-order valence-electron chi connectivity index (χ3n) is 8.47. The molecule has 0 bridgehead atoms. The number of fused-ring (bicyclic) bond motifs is 6. The summed E-state index contributed by atoms with van der Waals surface area (Å²) in [5, 5.41) is 6.00. The maximum absolute atomic E-state index is 5.39. The van der Waals surface area contributed by atoms with Gasteiger partial charge in [0.1, 0.15) is 0 Å². The molecular formula is C41H25N3S. The molecule has 0 spiro atoms. The zero-order chi connectivity index (χ0) is 29.7. The maximum atomic E-state index is 5.39. The van der Waals surface area contributed by atoms with Crippen molar-refractivity contribution in [1.82, 2.24) is 15.0 Å². The van der Waals surface area contributed by atoms with Crippen molar-refractivity contribution >= 4 is 53.2 Å². The van der Waals surface area contributed by atoms with Gasteiger partial charge in [-0.1, -0.05) is 127 Å². The lowest BCUT2D eigenvalue weighted by Crippen LogP contribution is -1.96. The molecule has 4 heteroatoms. The Morgan fingerprint density at radius 1 is 0.444 bits per heavy atom. The molecule has 0 atom stereocenters. The molecule has 0 unspecified atom stereocenters. The molecule has 3 heterocycles. The number of aromatic nitrogens is 3. The van der Waals surface area contributed by atoms with Gasteiger partial charge < -0.3 is 0 Å². The second kappa shape index (κ2) is 10.5. The average Bonchev–Trinajstić information content (AvgIpc) is 3.52. The number of benzene rings is 6. The van der Waals surface area contributed by atoms with Gasteiger partial charge in [-0.25, -0.2) is 15.0 Å². The standard InChI is InChI=1S/C41H25N3S/c1-3-13-27(14-4-1)35-25-36(44-41(43-35)28-15-5-2-6-16-28)29-22-23-34-33(24-29)40-38(32-19-9-10-21-37(32)45-40)39(42-34)31-20-11-17-26-12-7-8-18-30(26)31/h1-25H. The fourth-order valence-electron chi connectivity index (χ4n) is 6.32. The quantitative estimate of drug-likeness (QED) is 0.204. The highest BCUT2D eigenvalue weighted by Crippen LogP contribution is 2.44. The summed E-state index contributed by atoms with van der Waals surface area (Å²) in [5.74, 6) is 0.712. The van der Waals surface area contributed by atoms with Gasteiger partial charge in [-0.3, -0.25) is 0 Å². The first-order valence-electron chi connectivity index (χ1n) is 15.0. The van der Waals surface area contributed by atoms with Crippen LogP contribution in [0.1, 0.15) is 0 Å². The Balaban J connectivity index is 1.31. The summed E-state index contributed by atoms with van der Waals surface area (Å²) in [7, 11) is 0. The minimum Gasteiger partial charge on any atom is -0.247 e. The first-order valence-corrected chi connectivity index (χ1v) is 15.9. The molecular weight excluding hydrogens is 567 g/mol. The SMILES string of the molecule is c1ccc(-c2cc(-c3ccc4nc(-c5cccc6ccccc56)c5c6ccccc6sc5c4c3)nc(-c3ccccc3)n2)cc1. The van der Waals surface area contributed by atoms with Crippen molar-refractivity contribution in [2.24, 2.45) is 0 Å². The Morgan fingerprint density at radius 2 is 1.11 bits per heavy atom. The summed E-state index contributed by atoms with van der Waals surface area (Å²) in [6.07, 6.45) is 0. The normalized spacial score (nSPS) is 11.6. The van der Waals surface area contributed by atoms with Crippen LogP contribution in [0.3, 0.4) is 0 Å². The van der Waals surface area contributed by atoms with Crippen LogP contribution in [0.15, 0.2) is 152 Å². The topological polar surface area (TPSA) is 38.7 Å².